The Labute approximate surface area is 149 Å². The lowest BCUT2D eigenvalue weighted by molar-refractivity contribution is -0.121. The predicted octanol–water partition coefficient (Wildman–Crippen LogP) is 3.58. The van der Waals surface area contributed by atoms with Gasteiger partial charge in [-0.2, -0.15) is 5.26 Å². The summed E-state index contributed by atoms with van der Waals surface area (Å²) in [6, 6.07) is 14.2. The highest BCUT2D eigenvalue weighted by Gasteiger charge is 2.19. The number of ether oxygens (including phenoxy) is 1. The molecule has 0 bridgehead atoms. The van der Waals surface area contributed by atoms with Crippen molar-refractivity contribution in [2.75, 3.05) is 18.1 Å². The number of hydrogen-bond donors (Lipinski definition) is 0. The zero-order valence-electron chi connectivity index (χ0n) is 13.1. The number of amides is 1. The summed E-state index contributed by atoms with van der Waals surface area (Å²) in [5.41, 5.74) is 0.275. The number of carbonyl (C=O) groups is 2. The van der Waals surface area contributed by atoms with Crippen LogP contribution in [0.15, 0.2) is 48.5 Å². The van der Waals surface area contributed by atoms with E-state index >= 15 is 0 Å². The second kappa shape index (κ2) is 8.81. The average molecular weight is 361 g/mol. The molecule has 0 fully saturated rings. The van der Waals surface area contributed by atoms with E-state index < -0.39 is 24.3 Å². The molecule has 0 atom stereocenters. The third-order valence-corrected chi connectivity index (χ3v) is 3.53. The lowest BCUT2D eigenvalue weighted by Gasteiger charge is -2.21. The molecule has 25 heavy (non-hydrogen) atoms. The number of para-hydroxylation sites is 1. The van der Waals surface area contributed by atoms with Crippen LogP contribution < -0.4 is 4.90 Å². The molecule has 128 valence electrons. The van der Waals surface area contributed by atoms with Crippen LogP contribution in [0.2, 0.25) is 5.02 Å². The number of rotatable bonds is 6. The van der Waals surface area contributed by atoms with Crippen molar-refractivity contribution in [2.24, 2.45) is 0 Å². The van der Waals surface area contributed by atoms with E-state index in [1.54, 1.807) is 30.3 Å². The van der Waals surface area contributed by atoms with Crippen molar-refractivity contribution in [1.29, 1.82) is 5.26 Å². The number of benzene rings is 2. The molecule has 0 unspecified atom stereocenters. The third-order valence-electron chi connectivity index (χ3n) is 3.29. The summed E-state index contributed by atoms with van der Waals surface area (Å²) in [6.45, 7) is -0.409. The minimum Gasteiger partial charge on any atom is -0.452 e. The van der Waals surface area contributed by atoms with Gasteiger partial charge in [-0.3, -0.25) is 4.79 Å². The fourth-order valence-corrected chi connectivity index (χ4v) is 2.26. The molecule has 2 aromatic carbocycles. The van der Waals surface area contributed by atoms with E-state index in [2.05, 4.69) is 0 Å². The molecule has 0 saturated heterocycles. The van der Waals surface area contributed by atoms with Crippen molar-refractivity contribution < 1.29 is 18.7 Å². The zero-order valence-corrected chi connectivity index (χ0v) is 13.9. The molecular weight excluding hydrogens is 347 g/mol. The highest BCUT2D eigenvalue weighted by atomic mass is 35.5. The number of anilines is 1. The lowest BCUT2D eigenvalue weighted by Crippen LogP contribution is -2.35. The summed E-state index contributed by atoms with van der Waals surface area (Å²) in [5, 5.41) is 8.89. The number of esters is 1. The van der Waals surface area contributed by atoms with E-state index in [-0.39, 0.29) is 23.6 Å². The van der Waals surface area contributed by atoms with Crippen LogP contribution in [0.1, 0.15) is 16.8 Å². The predicted molar refractivity (Wildman–Crippen MR) is 90.7 cm³/mol. The molecule has 0 aliphatic heterocycles. The Morgan fingerprint density at radius 3 is 2.56 bits per heavy atom. The first-order valence-corrected chi connectivity index (χ1v) is 7.75. The minimum atomic E-state index is -0.962. The third kappa shape index (κ3) is 5.03. The minimum absolute atomic E-state index is 0.125. The van der Waals surface area contributed by atoms with Crippen LogP contribution in [-0.2, 0) is 9.53 Å². The Morgan fingerprint density at radius 1 is 1.20 bits per heavy atom. The molecule has 2 rings (SSSR count). The summed E-state index contributed by atoms with van der Waals surface area (Å²) in [7, 11) is 0. The van der Waals surface area contributed by atoms with Crippen molar-refractivity contribution in [3.8, 4) is 6.07 Å². The highest BCUT2D eigenvalue weighted by molar-refractivity contribution is 6.30. The lowest BCUT2D eigenvalue weighted by atomic mass is 10.2. The summed E-state index contributed by atoms with van der Waals surface area (Å²) in [5.74, 6) is -2.30. The van der Waals surface area contributed by atoms with E-state index in [4.69, 9.17) is 21.6 Å². The molecule has 0 saturated carbocycles. The molecule has 0 aliphatic rings. The maximum absolute atomic E-state index is 13.7. The largest absolute Gasteiger partial charge is 0.452 e. The smallest absolute Gasteiger partial charge is 0.341 e. The van der Waals surface area contributed by atoms with Gasteiger partial charge in [0.25, 0.3) is 5.91 Å². The molecule has 0 aromatic heterocycles. The van der Waals surface area contributed by atoms with Crippen LogP contribution in [-0.4, -0.2) is 25.0 Å². The molecule has 5 nitrogen and oxygen atoms in total. The molecular formula is C18H14ClFN2O3. The van der Waals surface area contributed by atoms with E-state index in [0.29, 0.717) is 5.69 Å². The van der Waals surface area contributed by atoms with Crippen molar-refractivity contribution in [3.63, 3.8) is 0 Å². The second-order valence-corrected chi connectivity index (χ2v) is 5.43. The maximum Gasteiger partial charge on any atom is 0.341 e. The molecule has 0 heterocycles. The fraction of sp³-hybridized carbons (Fsp3) is 0.167. The Hall–Kier alpha value is -2.91. The number of hydrogen-bond acceptors (Lipinski definition) is 4. The number of carbonyl (C=O) groups excluding carboxylic acids is 2. The van der Waals surface area contributed by atoms with Crippen LogP contribution in [0.4, 0.5) is 10.1 Å². The number of halogens is 2. The van der Waals surface area contributed by atoms with Crippen molar-refractivity contribution in [2.45, 2.75) is 6.42 Å². The van der Waals surface area contributed by atoms with Gasteiger partial charge in [-0.15, -0.1) is 0 Å². The summed E-state index contributed by atoms with van der Waals surface area (Å²) < 4.78 is 18.6. The van der Waals surface area contributed by atoms with Gasteiger partial charge in [0.15, 0.2) is 6.61 Å². The summed E-state index contributed by atoms with van der Waals surface area (Å²) in [6.07, 6.45) is 0.125. The van der Waals surface area contributed by atoms with E-state index in [9.17, 15) is 14.0 Å². The average Bonchev–Trinajstić information content (AvgIpc) is 2.61. The van der Waals surface area contributed by atoms with Gasteiger partial charge in [-0.05, 0) is 30.3 Å². The molecule has 2 aromatic rings. The maximum atomic E-state index is 13.7. The zero-order chi connectivity index (χ0) is 18.2. The normalized spacial score (nSPS) is 9.96. The van der Waals surface area contributed by atoms with E-state index in [1.165, 1.54) is 17.0 Å². The highest BCUT2D eigenvalue weighted by Crippen LogP contribution is 2.17. The van der Waals surface area contributed by atoms with E-state index in [1.807, 2.05) is 6.07 Å². The Balaban J connectivity index is 2.05. The van der Waals surface area contributed by atoms with Crippen molar-refractivity contribution in [3.05, 3.63) is 64.9 Å². The van der Waals surface area contributed by atoms with Crippen molar-refractivity contribution in [1.82, 2.24) is 0 Å². The fourth-order valence-electron chi connectivity index (χ4n) is 2.11. The monoisotopic (exact) mass is 360 g/mol. The topological polar surface area (TPSA) is 70.4 Å². The first kappa shape index (κ1) is 18.4. The van der Waals surface area contributed by atoms with Gasteiger partial charge in [-0.25, -0.2) is 9.18 Å². The van der Waals surface area contributed by atoms with Gasteiger partial charge < -0.3 is 9.64 Å². The molecule has 7 heteroatoms. The van der Waals surface area contributed by atoms with E-state index in [0.717, 1.165) is 6.07 Å². The second-order valence-electron chi connectivity index (χ2n) is 4.99. The van der Waals surface area contributed by atoms with Crippen molar-refractivity contribution >= 4 is 29.2 Å². The van der Waals surface area contributed by atoms with Crippen LogP contribution >= 0.6 is 11.6 Å². The Bertz CT molecular complexity index is 806. The number of nitrogens with zero attached hydrogens (tertiary/aromatic N) is 2. The van der Waals surface area contributed by atoms with Gasteiger partial charge >= 0.3 is 5.97 Å². The van der Waals surface area contributed by atoms with Gasteiger partial charge in [0.2, 0.25) is 0 Å². The van der Waals surface area contributed by atoms with Crippen LogP contribution in [0.25, 0.3) is 0 Å². The Morgan fingerprint density at radius 2 is 1.92 bits per heavy atom. The van der Waals surface area contributed by atoms with Crippen LogP contribution in [0, 0.1) is 17.1 Å². The molecule has 0 radical (unpaired) electrons. The van der Waals surface area contributed by atoms with Gasteiger partial charge in [0, 0.05) is 17.3 Å². The first-order chi connectivity index (χ1) is 12.0. The molecule has 0 spiro atoms. The van der Waals surface area contributed by atoms with Gasteiger partial charge in [0.05, 0.1) is 18.1 Å². The number of nitriles is 1. The van der Waals surface area contributed by atoms with Gasteiger partial charge in [0.1, 0.15) is 5.82 Å². The summed E-state index contributed by atoms with van der Waals surface area (Å²) >= 11 is 5.63. The standard InChI is InChI=1S/C18H14ClFN2O3/c19-13-7-8-15(16(20)11-13)18(24)25-12-17(23)22(10-4-9-21)14-5-2-1-3-6-14/h1-3,5-8,11H,4,10,12H2. The SMILES string of the molecule is N#CCCN(C(=O)COC(=O)c1ccc(Cl)cc1F)c1ccccc1. The summed E-state index contributed by atoms with van der Waals surface area (Å²) in [4.78, 5) is 25.6. The van der Waals surface area contributed by atoms with Crippen LogP contribution in [0.5, 0.6) is 0 Å². The first-order valence-electron chi connectivity index (χ1n) is 7.37. The van der Waals surface area contributed by atoms with Crippen LogP contribution in [0.3, 0.4) is 0 Å². The molecule has 0 N–H and O–H groups in total. The quantitative estimate of drug-likeness (QED) is 0.738. The van der Waals surface area contributed by atoms with Gasteiger partial charge in [-0.1, -0.05) is 29.8 Å². The Kier molecular flexibility index (Phi) is 6.49. The molecule has 0 aliphatic carbocycles. The molecule has 1 amide bonds.